The highest BCUT2D eigenvalue weighted by Gasteiger charge is 2.18. The largest absolute Gasteiger partial charge is 0.311 e. The van der Waals surface area contributed by atoms with E-state index in [4.69, 9.17) is 0 Å². The third-order valence-corrected chi connectivity index (χ3v) is 2.59. The van der Waals surface area contributed by atoms with Crippen molar-refractivity contribution in [2.24, 2.45) is 5.92 Å². The molecule has 1 saturated heterocycles. The summed E-state index contributed by atoms with van der Waals surface area (Å²) < 4.78 is 0. The van der Waals surface area contributed by atoms with Crippen molar-refractivity contribution in [3.05, 3.63) is 0 Å². The van der Waals surface area contributed by atoms with Crippen molar-refractivity contribution < 1.29 is 0 Å². The molecule has 0 aromatic rings. The van der Waals surface area contributed by atoms with Crippen LogP contribution in [0.2, 0.25) is 0 Å². The van der Waals surface area contributed by atoms with Crippen LogP contribution in [-0.4, -0.2) is 36.6 Å². The quantitative estimate of drug-likeness (QED) is 0.718. The molecule has 1 rings (SSSR count). The van der Waals surface area contributed by atoms with Crippen molar-refractivity contribution in [2.75, 3.05) is 26.2 Å². The lowest BCUT2D eigenvalue weighted by Gasteiger charge is -2.23. The molecule has 1 fully saturated rings. The normalized spacial score (nSPS) is 25.4. The van der Waals surface area contributed by atoms with Gasteiger partial charge in [-0.1, -0.05) is 6.92 Å². The summed E-state index contributed by atoms with van der Waals surface area (Å²) in [7, 11) is 0. The zero-order chi connectivity index (χ0) is 9.90. The summed E-state index contributed by atoms with van der Waals surface area (Å²) in [5.41, 5.74) is 0.269. The topological polar surface area (TPSA) is 15.3 Å². The van der Waals surface area contributed by atoms with Gasteiger partial charge in [0.2, 0.25) is 0 Å². The summed E-state index contributed by atoms with van der Waals surface area (Å²) in [6.45, 7) is 13.9. The molecule has 0 aliphatic carbocycles. The van der Waals surface area contributed by atoms with Gasteiger partial charge in [0.25, 0.3) is 0 Å². The molecule has 1 heterocycles. The van der Waals surface area contributed by atoms with Crippen LogP contribution < -0.4 is 5.32 Å². The minimum atomic E-state index is 0.269. The molecule has 2 heteroatoms. The Morgan fingerprint density at radius 1 is 1.38 bits per heavy atom. The fourth-order valence-electron chi connectivity index (χ4n) is 1.82. The maximum atomic E-state index is 3.52. The Morgan fingerprint density at radius 2 is 2.08 bits per heavy atom. The second-order valence-electron chi connectivity index (χ2n) is 5.37. The van der Waals surface area contributed by atoms with Crippen LogP contribution in [0.4, 0.5) is 0 Å². The monoisotopic (exact) mass is 184 g/mol. The van der Waals surface area contributed by atoms with Gasteiger partial charge in [0, 0.05) is 25.2 Å². The van der Waals surface area contributed by atoms with Crippen LogP contribution >= 0.6 is 0 Å². The lowest BCUT2D eigenvalue weighted by atomic mass is 10.1. The van der Waals surface area contributed by atoms with Crippen molar-refractivity contribution in [1.82, 2.24) is 10.2 Å². The first-order chi connectivity index (χ1) is 5.97. The van der Waals surface area contributed by atoms with Gasteiger partial charge in [-0.05, 0) is 39.7 Å². The molecule has 0 saturated carbocycles. The third-order valence-electron chi connectivity index (χ3n) is 2.59. The van der Waals surface area contributed by atoms with Gasteiger partial charge in [-0.3, -0.25) is 0 Å². The number of rotatable bonds is 3. The molecular formula is C11H24N2. The minimum Gasteiger partial charge on any atom is -0.311 e. The van der Waals surface area contributed by atoms with Crippen molar-refractivity contribution in [3.8, 4) is 0 Å². The standard InChI is InChI=1S/C11H24N2/c1-10-5-7-13(9-10)8-6-12-11(2,3)4/h10,12H,5-9H2,1-4H3. The van der Waals surface area contributed by atoms with E-state index in [1.165, 1.54) is 26.1 Å². The van der Waals surface area contributed by atoms with Gasteiger partial charge in [0.15, 0.2) is 0 Å². The Kier molecular flexibility index (Phi) is 3.74. The average molecular weight is 184 g/mol. The number of hydrogen-bond donors (Lipinski definition) is 1. The van der Waals surface area contributed by atoms with E-state index in [1.54, 1.807) is 0 Å². The van der Waals surface area contributed by atoms with Gasteiger partial charge in [-0.2, -0.15) is 0 Å². The second kappa shape index (κ2) is 4.43. The first-order valence-electron chi connectivity index (χ1n) is 5.45. The number of nitrogens with one attached hydrogen (secondary N) is 1. The zero-order valence-corrected chi connectivity index (χ0v) is 9.56. The Morgan fingerprint density at radius 3 is 2.54 bits per heavy atom. The van der Waals surface area contributed by atoms with Gasteiger partial charge in [-0.15, -0.1) is 0 Å². The summed E-state index contributed by atoms with van der Waals surface area (Å²) >= 11 is 0. The molecule has 0 amide bonds. The van der Waals surface area contributed by atoms with Gasteiger partial charge in [0.05, 0.1) is 0 Å². The van der Waals surface area contributed by atoms with E-state index < -0.39 is 0 Å². The highest BCUT2D eigenvalue weighted by Crippen LogP contribution is 2.13. The zero-order valence-electron chi connectivity index (χ0n) is 9.56. The highest BCUT2D eigenvalue weighted by atomic mass is 15.2. The maximum absolute atomic E-state index is 3.52. The first kappa shape index (κ1) is 11.0. The minimum absolute atomic E-state index is 0.269. The molecule has 78 valence electrons. The maximum Gasteiger partial charge on any atom is 0.0107 e. The summed E-state index contributed by atoms with van der Waals surface area (Å²) in [6.07, 6.45) is 1.38. The Balaban J connectivity index is 2.07. The van der Waals surface area contributed by atoms with Crippen LogP contribution in [0.1, 0.15) is 34.1 Å². The molecular weight excluding hydrogens is 160 g/mol. The number of likely N-dealkylation sites (tertiary alicyclic amines) is 1. The van der Waals surface area contributed by atoms with E-state index in [2.05, 4.69) is 37.9 Å². The second-order valence-corrected chi connectivity index (χ2v) is 5.37. The van der Waals surface area contributed by atoms with Crippen molar-refractivity contribution in [2.45, 2.75) is 39.7 Å². The van der Waals surface area contributed by atoms with E-state index in [-0.39, 0.29) is 5.54 Å². The molecule has 1 aliphatic rings. The highest BCUT2D eigenvalue weighted by molar-refractivity contribution is 4.75. The first-order valence-corrected chi connectivity index (χ1v) is 5.45. The molecule has 1 N–H and O–H groups in total. The van der Waals surface area contributed by atoms with E-state index in [9.17, 15) is 0 Å². The molecule has 0 aromatic heterocycles. The predicted molar refractivity (Wildman–Crippen MR) is 58.0 cm³/mol. The number of nitrogens with zero attached hydrogens (tertiary/aromatic N) is 1. The summed E-state index contributed by atoms with van der Waals surface area (Å²) in [5, 5.41) is 3.52. The Bertz CT molecular complexity index is 149. The van der Waals surface area contributed by atoms with Crippen LogP contribution in [-0.2, 0) is 0 Å². The van der Waals surface area contributed by atoms with E-state index in [0.717, 1.165) is 12.5 Å². The van der Waals surface area contributed by atoms with Crippen molar-refractivity contribution in [1.29, 1.82) is 0 Å². The average Bonchev–Trinajstić information content (AvgIpc) is 2.33. The van der Waals surface area contributed by atoms with Crippen molar-refractivity contribution >= 4 is 0 Å². The summed E-state index contributed by atoms with van der Waals surface area (Å²) in [6, 6.07) is 0. The number of hydrogen-bond acceptors (Lipinski definition) is 2. The van der Waals surface area contributed by atoms with Crippen LogP contribution in [0, 0.1) is 5.92 Å². The predicted octanol–water partition coefficient (Wildman–Crippen LogP) is 1.72. The lowest BCUT2D eigenvalue weighted by Crippen LogP contribution is -2.40. The van der Waals surface area contributed by atoms with E-state index >= 15 is 0 Å². The summed E-state index contributed by atoms with van der Waals surface area (Å²) in [4.78, 5) is 2.56. The van der Waals surface area contributed by atoms with E-state index in [1.807, 2.05) is 0 Å². The Labute approximate surface area is 82.7 Å². The SMILES string of the molecule is CC1CCN(CCNC(C)(C)C)C1. The van der Waals surface area contributed by atoms with Crippen LogP contribution in [0.25, 0.3) is 0 Å². The fraction of sp³-hybridized carbons (Fsp3) is 1.00. The molecule has 0 spiro atoms. The van der Waals surface area contributed by atoms with Gasteiger partial charge >= 0.3 is 0 Å². The molecule has 1 unspecified atom stereocenters. The third kappa shape index (κ3) is 4.63. The van der Waals surface area contributed by atoms with Crippen LogP contribution in [0.15, 0.2) is 0 Å². The molecule has 13 heavy (non-hydrogen) atoms. The van der Waals surface area contributed by atoms with Crippen molar-refractivity contribution in [3.63, 3.8) is 0 Å². The van der Waals surface area contributed by atoms with Crippen LogP contribution in [0.5, 0.6) is 0 Å². The van der Waals surface area contributed by atoms with Gasteiger partial charge in [-0.25, -0.2) is 0 Å². The fourth-order valence-corrected chi connectivity index (χ4v) is 1.82. The van der Waals surface area contributed by atoms with Gasteiger partial charge < -0.3 is 10.2 Å². The Hall–Kier alpha value is -0.0800. The summed E-state index contributed by atoms with van der Waals surface area (Å²) in [5.74, 6) is 0.912. The molecule has 1 atom stereocenters. The van der Waals surface area contributed by atoms with Crippen LogP contribution in [0.3, 0.4) is 0 Å². The van der Waals surface area contributed by atoms with Gasteiger partial charge in [0.1, 0.15) is 0 Å². The lowest BCUT2D eigenvalue weighted by molar-refractivity contribution is 0.304. The van der Waals surface area contributed by atoms with E-state index in [0.29, 0.717) is 0 Å². The molecule has 0 bridgehead atoms. The molecule has 0 radical (unpaired) electrons. The molecule has 1 aliphatic heterocycles. The smallest absolute Gasteiger partial charge is 0.0107 e. The molecule has 0 aromatic carbocycles. The molecule has 2 nitrogen and oxygen atoms in total.